The number of hydrogen-bond acceptors (Lipinski definition) is 7. The van der Waals surface area contributed by atoms with Crippen LogP contribution in [0.15, 0.2) is 46.4 Å². The summed E-state index contributed by atoms with van der Waals surface area (Å²) in [4.78, 5) is 12.9. The Morgan fingerprint density at radius 3 is 2.55 bits per heavy atom. The number of nitrogens with one attached hydrogen (secondary N) is 1. The van der Waals surface area contributed by atoms with Gasteiger partial charge in [-0.15, -0.1) is 11.8 Å². The Hall–Kier alpha value is -2.71. The molecular weight excluding hydrogens is 412 g/mol. The smallest absolute Gasteiger partial charge is 0.163 e. The average molecular weight is 445 g/mol. The normalized spacial score (nSPS) is 11.4. The molecule has 0 saturated heterocycles. The number of ketones is 1. The predicted octanol–water partition coefficient (Wildman–Crippen LogP) is 3.78. The second-order valence-electron chi connectivity index (χ2n) is 7.19. The van der Waals surface area contributed by atoms with Gasteiger partial charge in [-0.05, 0) is 61.8 Å². The van der Waals surface area contributed by atoms with Crippen molar-refractivity contribution in [3.8, 4) is 11.5 Å². The lowest BCUT2D eigenvalue weighted by molar-refractivity contribution is 0.101. The first-order valence-electron chi connectivity index (χ1n) is 10.4. The van der Waals surface area contributed by atoms with E-state index in [2.05, 4.69) is 22.7 Å². The molecular formula is C23H32N4O3S. The third-order valence-corrected chi connectivity index (χ3v) is 5.90. The fraction of sp³-hybridized carbons (Fsp3) is 0.391. The van der Waals surface area contributed by atoms with Crippen LogP contribution in [-0.2, 0) is 12.8 Å². The molecule has 2 aromatic carbocycles. The number of amidine groups is 1. The maximum Gasteiger partial charge on any atom is 0.163 e. The van der Waals surface area contributed by atoms with E-state index < -0.39 is 0 Å². The minimum Gasteiger partial charge on any atom is -0.507 e. The number of phenolic OH excluding ortho intramolecular Hbond substituents is 1. The maximum atomic E-state index is 11.7. The number of carbonyl (C=O) groups excluding carboxylic acids is 1. The molecule has 0 spiro atoms. The van der Waals surface area contributed by atoms with Gasteiger partial charge in [0.25, 0.3) is 0 Å². The number of thioether (sulfide) groups is 1. The molecule has 0 aromatic heterocycles. The van der Waals surface area contributed by atoms with E-state index >= 15 is 0 Å². The summed E-state index contributed by atoms with van der Waals surface area (Å²) in [6.45, 7) is 4.06. The summed E-state index contributed by atoms with van der Waals surface area (Å²) < 4.78 is 5.91. The van der Waals surface area contributed by atoms with Crippen LogP contribution < -0.4 is 21.8 Å². The van der Waals surface area contributed by atoms with Crippen LogP contribution in [0.1, 0.15) is 54.6 Å². The predicted molar refractivity (Wildman–Crippen MR) is 127 cm³/mol. The van der Waals surface area contributed by atoms with Crippen LogP contribution in [0.4, 0.5) is 0 Å². The van der Waals surface area contributed by atoms with E-state index in [1.54, 1.807) is 23.9 Å². The maximum absolute atomic E-state index is 11.7. The number of nitrogens with zero attached hydrogens (tertiary/aromatic N) is 1. The van der Waals surface area contributed by atoms with Crippen LogP contribution in [-0.4, -0.2) is 29.1 Å². The van der Waals surface area contributed by atoms with Gasteiger partial charge in [0.1, 0.15) is 17.3 Å². The molecule has 0 bridgehead atoms. The molecule has 7 nitrogen and oxygen atoms in total. The van der Waals surface area contributed by atoms with Gasteiger partial charge in [0.05, 0.1) is 12.2 Å². The van der Waals surface area contributed by atoms with E-state index in [1.165, 1.54) is 11.8 Å². The first-order valence-corrected chi connectivity index (χ1v) is 11.4. The highest BCUT2D eigenvalue weighted by Crippen LogP contribution is 2.33. The second-order valence-corrected chi connectivity index (χ2v) is 8.36. The van der Waals surface area contributed by atoms with Gasteiger partial charge in [0, 0.05) is 16.9 Å². The third kappa shape index (κ3) is 7.48. The number of rotatable bonds is 12. The summed E-state index contributed by atoms with van der Waals surface area (Å²) in [6, 6.07) is 11.7. The van der Waals surface area contributed by atoms with E-state index in [9.17, 15) is 9.90 Å². The molecule has 0 saturated carbocycles. The van der Waals surface area contributed by atoms with Gasteiger partial charge in [0.15, 0.2) is 5.78 Å². The summed E-state index contributed by atoms with van der Waals surface area (Å²) in [5, 5.41) is 14.0. The van der Waals surface area contributed by atoms with Gasteiger partial charge in [-0.25, -0.2) is 5.84 Å². The molecule has 0 aliphatic heterocycles. The molecule has 0 aliphatic carbocycles. The molecule has 6 N–H and O–H groups in total. The highest BCUT2D eigenvalue weighted by molar-refractivity contribution is 7.99. The lowest BCUT2D eigenvalue weighted by Crippen LogP contribution is -2.32. The molecule has 0 unspecified atom stereocenters. The Kier molecular flexibility index (Phi) is 10.2. The summed E-state index contributed by atoms with van der Waals surface area (Å²) in [7, 11) is 0. The molecule has 0 fully saturated rings. The van der Waals surface area contributed by atoms with Crippen molar-refractivity contribution in [2.75, 3.05) is 12.4 Å². The summed E-state index contributed by atoms with van der Waals surface area (Å²) in [6.07, 6.45) is 4.02. The van der Waals surface area contributed by atoms with Gasteiger partial charge in [0.2, 0.25) is 0 Å². The van der Waals surface area contributed by atoms with Crippen molar-refractivity contribution in [1.29, 1.82) is 0 Å². The van der Waals surface area contributed by atoms with Crippen molar-refractivity contribution in [2.45, 2.75) is 50.8 Å². The fourth-order valence-corrected chi connectivity index (χ4v) is 4.05. The highest BCUT2D eigenvalue weighted by atomic mass is 32.2. The van der Waals surface area contributed by atoms with Crippen LogP contribution in [0.3, 0.4) is 0 Å². The Labute approximate surface area is 188 Å². The molecule has 0 radical (unpaired) electrons. The van der Waals surface area contributed by atoms with E-state index in [-0.39, 0.29) is 11.5 Å². The van der Waals surface area contributed by atoms with Crippen LogP contribution in [0, 0.1) is 0 Å². The lowest BCUT2D eigenvalue weighted by atomic mass is 10.0. The van der Waals surface area contributed by atoms with E-state index in [0.29, 0.717) is 36.6 Å². The number of hydrogen-bond donors (Lipinski definition) is 4. The summed E-state index contributed by atoms with van der Waals surface area (Å²) in [5.41, 5.74) is 4.64. The van der Waals surface area contributed by atoms with Gasteiger partial charge >= 0.3 is 0 Å². The minimum atomic E-state index is -0.143. The summed E-state index contributed by atoms with van der Waals surface area (Å²) in [5.74, 6) is 12.7. The van der Waals surface area contributed by atoms with Crippen LogP contribution in [0.25, 0.3) is 0 Å². The molecule has 8 heteroatoms. The zero-order chi connectivity index (χ0) is 22.6. The standard InChI is InChI=1S/C23H32N4O3S/c1-3-6-20-21(12-11-19(16(2)28)23(20)29)30-13-4-5-14-31-18-9-7-17(8-10-18)15-22(26-24)27-25/h7-12,29H,3-6,13-15,24-25H2,1-2H3,(H,26,27). The van der Waals surface area contributed by atoms with Crippen molar-refractivity contribution in [3.05, 3.63) is 53.1 Å². The number of benzene rings is 2. The Bertz CT molecular complexity index is 885. The molecule has 0 aliphatic rings. The molecule has 0 amide bonds. The van der Waals surface area contributed by atoms with Crippen molar-refractivity contribution in [1.82, 2.24) is 5.43 Å². The first-order chi connectivity index (χ1) is 15.0. The minimum absolute atomic E-state index is 0.0537. The average Bonchev–Trinajstić information content (AvgIpc) is 2.77. The molecule has 31 heavy (non-hydrogen) atoms. The van der Waals surface area contributed by atoms with E-state index in [1.807, 2.05) is 19.1 Å². The number of phenols is 1. The van der Waals surface area contributed by atoms with E-state index in [0.717, 1.165) is 36.1 Å². The zero-order valence-electron chi connectivity index (χ0n) is 18.2. The molecule has 0 atom stereocenters. The van der Waals surface area contributed by atoms with Crippen LogP contribution in [0.5, 0.6) is 11.5 Å². The number of aromatic hydroxyl groups is 1. The van der Waals surface area contributed by atoms with Crippen LogP contribution in [0.2, 0.25) is 0 Å². The van der Waals surface area contributed by atoms with Gasteiger partial charge in [-0.1, -0.05) is 25.5 Å². The Balaban J connectivity index is 1.77. The number of nitrogens with two attached hydrogens (primary N) is 2. The number of carbonyl (C=O) groups is 1. The van der Waals surface area contributed by atoms with Crippen LogP contribution >= 0.6 is 11.8 Å². The van der Waals surface area contributed by atoms with Crippen molar-refractivity contribution < 1.29 is 14.6 Å². The molecule has 2 rings (SSSR count). The quantitative estimate of drug-likeness (QED) is 0.0747. The fourth-order valence-electron chi connectivity index (χ4n) is 3.14. The molecule has 168 valence electrons. The molecule has 2 aromatic rings. The third-order valence-electron chi connectivity index (χ3n) is 4.80. The highest BCUT2D eigenvalue weighted by Gasteiger charge is 2.15. The van der Waals surface area contributed by atoms with Crippen molar-refractivity contribution >= 4 is 23.4 Å². The van der Waals surface area contributed by atoms with Gasteiger partial charge in [-0.2, -0.15) is 5.10 Å². The molecule has 0 heterocycles. The number of Topliss-reactive ketones (excluding diaryl/α,β-unsaturated/α-hetero) is 1. The summed E-state index contributed by atoms with van der Waals surface area (Å²) >= 11 is 1.80. The monoisotopic (exact) mass is 444 g/mol. The topological polar surface area (TPSA) is 123 Å². The van der Waals surface area contributed by atoms with Gasteiger partial charge in [-0.3, -0.25) is 4.79 Å². The SMILES string of the molecule is CCCc1c(OCCCCSc2ccc(C/C(=N/N)NN)cc2)ccc(C(C)=O)c1O. The Morgan fingerprint density at radius 2 is 1.94 bits per heavy atom. The van der Waals surface area contributed by atoms with Crippen molar-refractivity contribution in [3.63, 3.8) is 0 Å². The largest absolute Gasteiger partial charge is 0.507 e. The zero-order valence-corrected chi connectivity index (χ0v) is 19.0. The second kappa shape index (κ2) is 12.9. The number of unbranched alkanes of at least 4 members (excludes halogenated alkanes) is 1. The van der Waals surface area contributed by atoms with E-state index in [4.69, 9.17) is 16.4 Å². The number of hydrazine groups is 1. The number of ether oxygens (including phenoxy) is 1. The lowest BCUT2D eigenvalue weighted by Gasteiger charge is -2.14. The van der Waals surface area contributed by atoms with Gasteiger partial charge < -0.3 is 21.1 Å². The van der Waals surface area contributed by atoms with Crippen molar-refractivity contribution in [2.24, 2.45) is 16.8 Å². The number of hydrazone groups is 1. The first kappa shape index (κ1) is 24.6. The Morgan fingerprint density at radius 1 is 1.19 bits per heavy atom.